The first kappa shape index (κ1) is 15.8. The molecular weight excluding hydrogens is 271 g/mol. The summed E-state index contributed by atoms with van der Waals surface area (Å²) in [5, 5.41) is 3.27. The Balaban J connectivity index is 1.97. The van der Waals surface area contributed by atoms with Crippen LogP contribution in [0.3, 0.4) is 0 Å². The number of nitrogens with zero attached hydrogens (tertiary/aromatic N) is 1. The molecule has 0 saturated carbocycles. The first-order valence-corrected chi connectivity index (χ1v) is 7.45. The highest BCUT2D eigenvalue weighted by atomic mass is 19.1. The maximum atomic E-state index is 13.7. The number of rotatable bonds is 6. The Labute approximate surface area is 125 Å². The van der Waals surface area contributed by atoms with E-state index in [9.17, 15) is 9.18 Å². The lowest BCUT2D eigenvalue weighted by atomic mass is 10.0. The zero-order valence-corrected chi connectivity index (χ0v) is 12.7. The molecule has 1 fully saturated rings. The third kappa shape index (κ3) is 4.17. The highest BCUT2D eigenvalue weighted by Crippen LogP contribution is 2.20. The number of carbonyl (C=O) groups excluding carboxylic acids is 1. The van der Waals surface area contributed by atoms with Gasteiger partial charge in [0.05, 0.1) is 7.11 Å². The van der Waals surface area contributed by atoms with Crippen LogP contribution < -0.4 is 10.1 Å². The van der Waals surface area contributed by atoms with Crippen LogP contribution in [0.25, 0.3) is 0 Å². The van der Waals surface area contributed by atoms with Crippen LogP contribution in [-0.2, 0) is 11.3 Å². The quantitative estimate of drug-likeness (QED) is 0.874. The van der Waals surface area contributed by atoms with E-state index in [4.69, 9.17) is 4.74 Å². The Bertz CT molecular complexity index is 487. The molecule has 0 aliphatic carbocycles. The van der Waals surface area contributed by atoms with Gasteiger partial charge < -0.3 is 15.0 Å². The third-order valence-corrected chi connectivity index (χ3v) is 3.95. The summed E-state index contributed by atoms with van der Waals surface area (Å²) >= 11 is 0. The standard InChI is InChI=1S/C16H23FN2O2/c1-3-19(16(20)9-12-6-7-18-10-12)11-13-4-5-15(21-2)14(17)8-13/h4-5,8,12,18H,3,6-7,9-11H2,1-2H3. The second-order valence-corrected chi connectivity index (χ2v) is 5.44. The summed E-state index contributed by atoms with van der Waals surface area (Å²) in [6.45, 7) is 4.93. The van der Waals surface area contributed by atoms with Crippen molar-refractivity contribution in [3.63, 3.8) is 0 Å². The fraction of sp³-hybridized carbons (Fsp3) is 0.562. The van der Waals surface area contributed by atoms with Crippen LogP contribution in [0, 0.1) is 11.7 Å². The fourth-order valence-corrected chi connectivity index (χ4v) is 2.67. The molecule has 1 unspecified atom stereocenters. The number of methoxy groups -OCH3 is 1. The summed E-state index contributed by atoms with van der Waals surface area (Å²) in [5.41, 5.74) is 0.785. The number of halogens is 1. The van der Waals surface area contributed by atoms with Crippen molar-refractivity contribution in [3.05, 3.63) is 29.6 Å². The molecule has 21 heavy (non-hydrogen) atoms. The van der Waals surface area contributed by atoms with Gasteiger partial charge in [-0.15, -0.1) is 0 Å². The van der Waals surface area contributed by atoms with Crippen molar-refractivity contribution in [3.8, 4) is 5.75 Å². The molecule has 0 radical (unpaired) electrons. The molecule has 116 valence electrons. The first-order valence-electron chi connectivity index (χ1n) is 7.45. The van der Waals surface area contributed by atoms with Gasteiger partial charge in [0.2, 0.25) is 5.91 Å². The molecule has 1 N–H and O–H groups in total. The number of carbonyl (C=O) groups is 1. The molecule has 2 rings (SSSR count). The molecule has 1 aromatic rings. The second-order valence-electron chi connectivity index (χ2n) is 5.44. The monoisotopic (exact) mass is 294 g/mol. The predicted molar refractivity (Wildman–Crippen MR) is 79.6 cm³/mol. The summed E-state index contributed by atoms with van der Waals surface area (Å²) in [6.07, 6.45) is 1.62. The summed E-state index contributed by atoms with van der Waals surface area (Å²) < 4.78 is 18.6. The molecule has 4 nitrogen and oxygen atoms in total. The topological polar surface area (TPSA) is 41.6 Å². The van der Waals surface area contributed by atoms with Crippen molar-refractivity contribution in [1.29, 1.82) is 0 Å². The average molecular weight is 294 g/mol. The van der Waals surface area contributed by atoms with E-state index < -0.39 is 5.82 Å². The van der Waals surface area contributed by atoms with E-state index in [2.05, 4.69) is 5.32 Å². The molecule has 1 amide bonds. The normalized spacial score (nSPS) is 17.8. The lowest BCUT2D eigenvalue weighted by Crippen LogP contribution is -2.32. The minimum absolute atomic E-state index is 0.141. The number of amides is 1. The number of hydrogen-bond donors (Lipinski definition) is 1. The predicted octanol–water partition coefficient (Wildman–Crippen LogP) is 2.18. The maximum absolute atomic E-state index is 13.7. The number of nitrogens with one attached hydrogen (secondary N) is 1. The molecule has 1 saturated heterocycles. The van der Waals surface area contributed by atoms with Crippen molar-refractivity contribution >= 4 is 5.91 Å². The number of hydrogen-bond acceptors (Lipinski definition) is 3. The molecule has 0 aromatic heterocycles. The van der Waals surface area contributed by atoms with Gasteiger partial charge in [-0.1, -0.05) is 6.07 Å². The van der Waals surface area contributed by atoms with Crippen LogP contribution in [0.2, 0.25) is 0 Å². The highest BCUT2D eigenvalue weighted by molar-refractivity contribution is 5.76. The largest absolute Gasteiger partial charge is 0.494 e. The van der Waals surface area contributed by atoms with E-state index in [1.165, 1.54) is 13.2 Å². The average Bonchev–Trinajstić information content (AvgIpc) is 2.97. The van der Waals surface area contributed by atoms with E-state index >= 15 is 0 Å². The molecule has 5 heteroatoms. The molecule has 1 atom stereocenters. The third-order valence-electron chi connectivity index (χ3n) is 3.95. The summed E-state index contributed by atoms with van der Waals surface area (Å²) in [5.74, 6) is 0.408. The SMILES string of the molecule is CCN(Cc1ccc(OC)c(F)c1)C(=O)CC1CCNC1. The van der Waals surface area contributed by atoms with Crippen molar-refractivity contribution in [2.45, 2.75) is 26.3 Å². The minimum atomic E-state index is -0.390. The molecule has 0 bridgehead atoms. The zero-order chi connectivity index (χ0) is 15.2. The van der Waals surface area contributed by atoms with E-state index in [0.717, 1.165) is 25.1 Å². The van der Waals surface area contributed by atoms with E-state index in [-0.39, 0.29) is 11.7 Å². The molecular formula is C16H23FN2O2. The molecule has 1 aromatic carbocycles. The van der Waals surface area contributed by atoms with Gasteiger partial charge in [0, 0.05) is 19.5 Å². The summed E-state index contributed by atoms with van der Waals surface area (Å²) in [6, 6.07) is 4.84. The Hall–Kier alpha value is -1.62. The van der Waals surface area contributed by atoms with Crippen molar-refractivity contribution in [1.82, 2.24) is 10.2 Å². The molecule has 1 heterocycles. The Morgan fingerprint density at radius 3 is 2.90 bits per heavy atom. The van der Waals surface area contributed by atoms with Gasteiger partial charge in [0.25, 0.3) is 0 Å². The van der Waals surface area contributed by atoms with Gasteiger partial charge in [-0.05, 0) is 50.0 Å². The van der Waals surface area contributed by atoms with Crippen LogP contribution in [0.5, 0.6) is 5.75 Å². The maximum Gasteiger partial charge on any atom is 0.223 e. The Kier molecular flexibility index (Phi) is 5.56. The van der Waals surface area contributed by atoms with Gasteiger partial charge in [0.1, 0.15) is 0 Å². The van der Waals surface area contributed by atoms with E-state index in [1.54, 1.807) is 17.0 Å². The minimum Gasteiger partial charge on any atom is -0.494 e. The Morgan fingerprint density at radius 2 is 2.33 bits per heavy atom. The molecule has 1 aliphatic heterocycles. The van der Waals surface area contributed by atoms with Crippen LogP contribution in [-0.4, -0.2) is 37.6 Å². The fourth-order valence-electron chi connectivity index (χ4n) is 2.67. The number of benzene rings is 1. The van der Waals surface area contributed by atoms with Crippen molar-refractivity contribution in [2.24, 2.45) is 5.92 Å². The van der Waals surface area contributed by atoms with Crippen LogP contribution in [0.4, 0.5) is 4.39 Å². The molecule has 1 aliphatic rings. The zero-order valence-electron chi connectivity index (χ0n) is 12.7. The number of ether oxygens (including phenoxy) is 1. The van der Waals surface area contributed by atoms with Gasteiger partial charge in [-0.3, -0.25) is 4.79 Å². The van der Waals surface area contributed by atoms with Gasteiger partial charge in [-0.25, -0.2) is 4.39 Å². The van der Waals surface area contributed by atoms with Crippen molar-refractivity contribution < 1.29 is 13.9 Å². The second kappa shape index (κ2) is 7.41. The lowest BCUT2D eigenvalue weighted by molar-refractivity contribution is -0.132. The molecule has 0 spiro atoms. The Morgan fingerprint density at radius 1 is 1.52 bits per heavy atom. The van der Waals surface area contributed by atoms with Gasteiger partial charge >= 0.3 is 0 Å². The lowest BCUT2D eigenvalue weighted by Gasteiger charge is -2.22. The van der Waals surface area contributed by atoms with E-state index in [1.807, 2.05) is 6.92 Å². The van der Waals surface area contributed by atoms with E-state index in [0.29, 0.717) is 25.4 Å². The summed E-state index contributed by atoms with van der Waals surface area (Å²) in [7, 11) is 1.44. The van der Waals surface area contributed by atoms with Crippen LogP contribution in [0.1, 0.15) is 25.3 Å². The highest BCUT2D eigenvalue weighted by Gasteiger charge is 2.21. The van der Waals surface area contributed by atoms with Crippen LogP contribution in [0.15, 0.2) is 18.2 Å². The summed E-state index contributed by atoms with van der Waals surface area (Å²) in [4.78, 5) is 14.1. The van der Waals surface area contributed by atoms with Gasteiger partial charge in [-0.2, -0.15) is 0 Å². The van der Waals surface area contributed by atoms with Crippen LogP contribution >= 0.6 is 0 Å². The van der Waals surface area contributed by atoms with Gasteiger partial charge in [0.15, 0.2) is 11.6 Å². The van der Waals surface area contributed by atoms with Crippen molar-refractivity contribution in [2.75, 3.05) is 26.7 Å². The first-order chi connectivity index (χ1) is 10.1. The smallest absolute Gasteiger partial charge is 0.223 e.